The molecule has 140 valence electrons. The molecule has 0 spiro atoms. The van der Waals surface area contributed by atoms with Crippen molar-refractivity contribution in [3.8, 4) is 0 Å². The van der Waals surface area contributed by atoms with E-state index < -0.39 is 22.5 Å². The van der Waals surface area contributed by atoms with Crippen LogP contribution in [0.2, 0.25) is 10.0 Å². The number of hydrogen-bond acceptors (Lipinski definition) is 6. The van der Waals surface area contributed by atoms with Gasteiger partial charge in [0.2, 0.25) is 5.91 Å². The molecule has 1 amide bonds. The maximum atomic E-state index is 13.0. The summed E-state index contributed by atoms with van der Waals surface area (Å²) < 4.78 is 26.9. The van der Waals surface area contributed by atoms with Crippen LogP contribution in [0.3, 0.4) is 0 Å². The van der Waals surface area contributed by atoms with Crippen LogP contribution in [-0.4, -0.2) is 30.8 Å². The van der Waals surface area contributed by atoms with Crippen LogP contribution < -0.4 is 9.62 Å². The molecule has 0 saturated carbocycles. The van der Waals surface area contributed by atoms with E-state index in [2.05, 4.69) is 15.3 Å². The lowest BCUT2D eigenvalue weighted by molar-refractivity contribution is -0.114. The molecule has 27 heavy (non-hydrogen) atoms. The Kier molecular flexibility index (Phi) is 5.95. The van der Waals surface area contributed by atoms with E-state index in [-0.39, 0.29) is 20.9 Å². The first-order valence-corrected chi connectivity index (χ1v) is 10.5. The Labute approximate surface area is 169 Å². The van der Waals surface area contributed by atoms with Crippen molar-refractivity contribution in [2.75, 3.05) is 16.2 Å². The van der Waals surface area contributed by atoms with Crippen LogP contribution in [0.4, 0.5) is 10.9 Å². The lowest BCUT2D eigenvalue weighted by atomic mass is 10.4. The van der Waals surface area contributed by atoms with Crippen molar-refractivity contribution in [3.05, 3.63) is 64.2 Å². The molecule has 2 aromatic heterocycles. The number of carbonyl (C=O) groups is 1. The van der Waals surface area contributed by atoms with Crippen molar-refractivity contribution in [3.63, 3.8) is 0 Å². The van der Waals surface area contributed by atoms with Crippen LogP contribution in [-0.2, 0) is 14.8 Å². The Balaban J connectivity index is 1.88. The van der Waals surface area contributed by atoms with Gasteiger partial charge in [0.15, 0.2) is 10.9 Å². The number of carbonyl (C=O) groups excluding carboxylic acids is 1. The fourth-order valence-corrected chi connectivity index (χ4v) is 4.82. The highest BCUT2D eigenvalue weighted by Crippen LogP contribution is 2.26. The smallest absolute Gasteiger partial charge is 0.266 e. The van der Waals surface area contributed by atoms with Gasteiger partial charge in [0.05, 0.1) is 14.9 Å². The van der Waals surface area contributed by atoms with Gasteiger partial charge in [-0.25, -0.2) is 22.7 Å². The molecular weight excluding hydrogens is 431 g/mol. The number of aromatic nitrogens is 2. The number of sulfonamides is 1. The van der Waals surface area contributed by atoms with Gasteiger partial charge in [-0.05, 0) is 18.2 Å². The molecule has 0 unspecified atom stereocenters. The first kappa shape index (κ1) is 19.6. The maximum absolute atomic E-state index is 13.0. The second-order valence-corrected chi connectivity index (χ2v) is 8.75. The zero-order valence-electron chi connectivity index (χ0n) is 13.5. The lowest BCUT2D eigenvalue weighted by Crippen LogP contribution is -2.38. The van der Waals surface area contributed by atoms with Crippen molar-refractivity contribution in [1.82, 2.24) is 9.97 Å². The molecule has 0 bridgehead atoms. The van der Waals surface area contributed by atoms with E-state index >= 15 is 0 Å². The SMILES string of the molecule is O=C(CN(c1nccs1)S(=O)(=O)c1ccccc1)Nc1ncc(Cl)cc1Cl. The van der Waals surface area contributed by atoms with Crippen molar-refractivity contribution >= 4 is 61.4 Å². The predicted molar refractivity (Wildman–Crippen MR) is 106 cm³/mol. The van der Waals surface area contributed by atoms with E-state index in [4.69, 9.17) is 23.2 Å². The number of halogens is 2. The topological polar surface area (TPSA) is 92.3 Å². The summed E-state index contributed by atoms with van der Waals surface area (Å²) in [5.41, 5.74) is 0. The fraction of sp³-hybridized carbons (Fsp3) is 0.0625. The van der Waals surface area contributed by atoms with Gasteiger partial charge < -0.3 is 5.32 Å². The average Bonchev–Trinajstić information content (AvgIpc) is 3.17. The van der Waals surface area contributed by atoms with Gasteiger partial charge >= 0.3 is 0 Å². The number of benzene rings is 1. The Hall–Kier alpha value is -2.20. The summed E-state index contributed by atoms with van der Waals surface area (Å²) in [6.07, 6.45) is 2.78. The molecule has 1 aromatic carbocycles. The van der Waals surface area contributed by atoms with E-state index in [0.29, 0.717) is 5.02 Å². The van der Waals surface area contributed by atoms with Gasteiger partial charge in [-0.2, -0.15) is 0 Å². The number of amides is 1. The molecule has 2 heterocycles. The third-order valence-corrected chi connectivity index (χ3v) is 6.47. The molecule has 0 atom stereocenters. The van der Waals surface area contributed by atoms with Gasteiger partial charge in [0.25, 0.3) is 10.0 Å². The second kappa shape index (κ2) is 8.22. The van der Waals surface area contributed by atoms with Crippen LogP contribution >= 0.6 is 34.5 Å². The summed E-state index contributed by atoms with van der Waals surface area (Å²) in [6, 6.07) is 9.23. The number of nitrogens with one attached hydrogen (secondary N) is 1. The molecule has 0 aliphatic heterocycles. The Morgan fingerprint density at radius 3 is 2.56 bits per heavy atom. The lowest BCUT2D eigenvalue weighted by Gasteiger charge is -2.21. The van der Waals surface area contributed by atoms with Crippen molar-refractivity contribution < 1.29 is 13.2 Å². The van der Waals surface area contributed by atoms with Gasteiger partial charge in [0.1, 0.15) is 6.54 Å². The number of rotatable bonds is 6. The predicted octanol–water partition coefficient (Wildman–Crippen LogP) is 3.68. The molecule has 0 aliphatic carbocycles. The highest BCUT2D eigenvalue weighted by molar-refractivity contribution is 7.93. The highest BCUT2D eigenvalue weighted by atomic mass is 35.5. The summed E-state index contributed by atoms with van der Waals surface area (Å²) >= 11 is 12.9. The summed E-state index contributed by atoms with van der Waals surface area (Å²) in [5.74, 6) is -0.538. The fourth-order valence-electron chi connectivity index (χ4n) is 2.12. The number of anilines is 2. The second-order valence-electron chi connectivity index (χ2n) is 5.17. The van der Waals surface area contributed by atoms with Crippen molar-refractivity contribution in [2.24, 2.45) is 0 Å². The monoisotopic (exact) mass is 442 g/mol. The van der Waals surface area contributed by atoms with Crippen LogP contribution in [0, 0.1) is 0 Å². The van der Waals surface area contributed by atoms with Crippen LogP contribution in [0.15, 0.2) is 59.1 Å². The number of nitrogens with zero attached hydrogens (tertiary/aromatic N) is 3. The third kappa shape index (κ3) is 4.56. The molecule has 7 nitrogen and oxygen atoms in total. The standard InChI is InChI=1S/C16H12Cl2N4O3S2/c17-11-8-13(18)15(20-9-11)21-14(23)10-22(16-19-6-7-26-16)27(24,25)12-4-2-1-3-5-12/h1-9H,10H2,(H,20,21,23). The molecule has 0 aliphatic rings. The summed E-state index contributed by atoms with van der Waals surface area (Å²) in [7, 11) is -3.98. The van der Waals surface area contributed by atoms with Crippen molar-refractivity contribution in [2.45, 2.75) is 4.90 Å². The summed E-state index contributed by atoms with van der Waals surface area (Å²) in [4.78, 5) is 20.5. The average molecular weight is 443 g/mol. The Morgan fingerprint density at radius 2 is 1.93 bits per heavy atom. The number of pyridine rings is 1. The van der Waals surface area contributed by atoms with E-state index in [1.165, 1.54) is 30.6 Å². The number of hydrogen-bond donors (Lipinski definition) is 1. The van der Waals surface area contributed by atoms with Gasteiger partial charge in [-0.3, -0.25) is 4.79 Å². The van der Waals surface area contributed by atoms with E-state index in [9.17, 15) is 13.2 Å². The molecule has 0 saturated heterocycles. The normalized spacial score (nSPS) is 11.2. The minimum absolute atomic E-state index is 0.0515. The zero-order chi connectivity index (χ0) is 19.4. The molecule has 3 rings (SSSR count). The van der Waals surface area contributed by atoms with Gasteiger partial charge in [0, 0.05) is 17.8 Å². The summed E-state index contributed by atoms with van der Waals surface area (Å²) in [6.45, 7) is -0.495. The molecule has 3 aromatic rings. The largest absolute Gasteiger partial charge is 0.308 e. The summed E-state index contributed by atoms with van der Waals surface area (Å²) in [5, 5.41) is 4.73. The maximum Gasteiger partial charge on any atom is 0.266 e. The quantitative estimate of drug-likeness (QED) is 0.628. The van der Waals surface area contributed by atoms with Crippen LogP contribution in [0.1, 0.15) is 0 Å². The minimum atomic E-state index is -3.98. The Bertz CT molecular complexity index is 1040. The number of thiazole rings is 1. The van der Waals surface area contributed by atoms with E-state index in [1.54, 1.807) is 23.6 Å². The van der Waals surface area contributed by atoms with Gasteiger partial charge in [-0.1, -0.05) is 41.4 Å². The van der Waals surface area contributed by atoms with E-state index in [0.717, 1.165) is 15.6 Å². The van der Waals surface area contributed by atoms with Gasteiger partial charge in [-0.15, -0.1) is 11.3 Å². The highest BCUT2D eigenvalue weighted by Gasteiger charge is 2.29. The van der Waals surface area contributed by atoms with E-state index in [1.807, 2.05) is 0 Å². The first-order valence-electron chi connectivity index (χ1n) is 7.46. The molecule has 11 heteroatoms. The third-order valence-electron chi connectivity index (χ3n) is 3.32. The first-order chi connectivity index (χ1) is 12.9. The minimum Gasteiger partial charge on any atom is -0.308 e. The molecular formula is C16H12Cl2N4O3S2. The van der Waals surface area contributed by atoms with Crippen molar-refractivity contribution in [1.29, 1.82) is 0 Å². The Morgan fingerprint density at radius 1 is 1.19 bits per heavy atom. The van der Waals surface area contributed by atoms with Crippen LogP contribution in [0.25, 0.3) is 0 Å². The van der Waals surface area contributed by atoms with Crippen LogP contribution in [0.5, 0.6) is 0 Å². The molecule has 0 radical (unpaired) electrons. The molecule has 0 fully saturated rings. The zero-order valence-corrected chi connectivity index (χ0v) is 16.7. The molecule has 1 N–H and O–H groups in total.